The first-order valence-corrected chi connectivity index (χ1v) is 16.1. The molecule has 0 spiro atoms. The van der Waals surface area contributed by atoms with Crippen LogP contribution < -0.4 is 5.73 Å². The molecular formula is C43H31NS. The molecule has 0 aliphatic heterocycles. The van der Waals surface area contributed by atoms with Gasteiger partial charge in [-0.3, -0.25) is 0 Å². The lowest BCUT2D eigenvalue weighted by Gasteiger charge is -2.16. The van der Waals surface area contributed by atoms with E-state index in [1.165, 1.54) is 58.8 Å². The van der Waals surface area contributed by atoms with Crippen molar-refractivity contribution in [1.29, 1.82) is 0 Å². The van der Waals surface area contributed by atoms with Crippen LogP contribution in [0.5, 0.6) is 0 Å². The number of hydrogen-bond donors (Lipinski definition) is 1. The molecule has 0 saturated heterocycles. The number of benzene rings is 7. The van der Waals surface area contributed by atoms with Gasteiger partial charge in [-0.2, -0.15) is 0 Å². The van der Waals surface area contributed by atoms with Crippen molar-refractivity contribution < 1.29 is 0 Å². The van der Waals surface area contributed by atoms with Crippen LogP contribution in [0.25, 0.3) is 58.9 Å². The van der Waals surface area contributed by atoms with Gasteiger partial charge < -0.3 is 5.73 Å². The van der Waals surface area contributed by atoms with Crippen LogP contribution in [-0.4, -0.2) is 0 Å². The highest BCUT2D eigenvalue weighted by Crippen LogP contribution is 2.39. The van der Waals surface area contributed by atoms with E-state index >= 15 is 0 Å². The molecule has 2 N–H and O–H groups in total. The number of thiophene rings is 1. The largest absolute Gasteiger partial charge is 0.398 e. The monoisotopic (exact) mass is 593 g/mol. The molecular weight excluding hydrogens is 563 g/mol. The molecule has 0 saturated carbocycles. The maximum atomic E-state index is 6.82. The van der Waals surface area contributed by atoms with Crippen LogP contribution >= 0.6 is 11.3 Å². The molecule has 2 heteroatoms. The number of rotatable bonds is 6. The van der Waals surface area contributed by atoms with Crippen LogP contribution in [0.1, 0.15) is 22.6 Å². The average Bonchev–Trinajstić information content (AvgIpc) is 3.47. The van der Waals surface area contributed by atoms with Crippen molar-refractivity contribution in [3.8, 4) is 22.3 Å². The van der Waals surface area contributed by atoms with Crippen molar-refractivity contribution in [2.75, 3.05) is 0 Å². The molecule has 0 fully saturated rings. The molecule has 0 aliphatic rings. The summed E-state index contributed by atoms with van der Waals surface area (Å²) in [7, 11) is 0. The molecule has 45 heavy (non-hydrogen) atoms. The Bertz CT molecular complexity index is 2290. The molecule has 1 heterocycles. The topological polar surface area (TPSA) is 26.0 Å². The third-order valence-corrected chi connectivity index (χ3v) is 9.84. The van der Waals surface area contributed by atoms with Gasteiger partial charge in [0, 0.05) is 31.8 Å². The van der Waals surface area contributed by atoms with Crippen LogP contribution in [0.3, 0.4) is 0 Å². The molecule has 0 amide bonds. The molecule has 8 rings (SSSR count). The fraction of sp³-hybridized carbons (Fsp3) is 0.0233. The quantitative estimate of drug-likeness (QED) is 0.204. The van der Waals surface area contributed by atoms with E-state index in [1.807, 2.05) is 11.3 Å². The Hall–Kier alpha value is -5.44. The molecule has 0 bridgehead atoms. The minimum atomic E-state index is 0.0709. The van der Waals surface area contributed by atoms with E-state index < -0.39 is 0 Å². The first-order chi connectivity index (χ1) is 22.2. The van der Waals surface area contributed by atoms with Crippen LogP contribution in [0.2, 0.25) is 0 Å². The number of fused-ring (bicyclic) bond motifs is 4. The zero-order valence-corrected chi connectivity index (χ0v) is 25.5. The Morgan fingerprint density at radius 3 is 1.71 bits per heavy atom. The lowest BCUT2D eigenvalue weighted by atomic mass is 9.89. The average molecular weight is 594 g/mol. The summed E-state index contributed by atoms with van der Waals surface area (Å²) in [6, 6.07) is 58.7. The molecule has 0 unspecified atom stereocenters. The van der Waals surface area contributed by atoms with E-state index in [0.717, 1.165) is 16.8 Å². The zero-order chi connectivity index (χ0) is 30.2. The Labute approximate surface area is 267 Å². The third kappa shape index (κ3) is 5.31. The second-order valence-electron chi connectivity index (χ2n) is 11.6. The van der Waals surface area contributed by atoms with Gasteiger partial charge in [0.15, 0.2) is 0 Å². The highest BCUT2D eigenvalue weighted by atomic mass is 32.1. The molecule has 1 aromatic heterocycles. The van der Waals surface area contributed by atoms with Crippen molar-refractivity contribution in [2.45, 2.75) is 5.92 Å². The maximum absolute atomic E-state index is 6.82. The van der Waals surface area contributed by atoms with Gasteiger partial charge in [0.2, 0.25) is 0 Å². The standard InChI is InChI=1S/C43H31NS/c44-41(28-39(29-11-3-1-4-12-29)30-13-5-2-6-14-30)37-20-10-19-33(24-37)31-17-9-18-32(23-31)36-21-22-38-40-25-34-15-7-8-16-35(34)26-43(40)45-42(38)27-36/h1-28,39H,44H2/b41-28-. The second kappa shape index (κ2) is 11.6. The first-order valence-electron chi connectivity index (χ1n) is 15.3. The van der Waals surface area contributed by atoms with E-state index in [2.05, 4.69) is 170 Å². The molecule has 1 nitrogen and oxygen atoms in total. The van der Waals surface area contributed by atoms with Gasteiger partial charge >= 0.3 is 0 Å². The van der Waals surface area contributed by atoms with E-state index in [9.17, 15) is 0 Å². The minimum absolute atomic E-state index is 0.0709. The lowest BCUT2D eigenvalue weighted by molar-refractivity contribution is 1.02. The fourth-order valence-corrected chi connectivity index (χ4v) is 7.56. The summed E-state index contributed by atoms with van der Waals surface area (Å²) in [5.74, 6) is 0.0709. The Morgan fingerprint density at radius 1 is 0.467 bits per heavy atom. The normalized spacial score (nSPS) is 12.0. The molecule has 8 aromatic rings. The van der Waals surface area contributed by atoms with Crippen molar-refractivity contribution >= 4 is 48.0 Å². The summed E-state index contributed by atoms with van der Waals surface area (Å²) in [5, 5.41) is 5.23. The van der Waals surface area contributed by atoms with E-state index in [-0.39, 0.29) is 5.92 Å². The number of hydrogen-bond acceptors (Lipinski definition) is 2. The van der Waals surface area contributed by atoms with Crippen molar-refractivity contribution in [3.05, 3.63) is 187 Å². The Morgan fingerprint density at radius 2 is 1.02 bits per heavy atom. The molecule has 0 atom stereocenters. The summed E-state index contributed by atoms with van der Waals surface area (Å²) in [6.07, 6.45) is 2.18. The molecule has 0 aliphatic carbocycles. The molecule has 214 valence electrons. The lowest BCUT2D eigenvalue weighted by Crippen LogP contribution is -2.03. The van der Waals surface area contributed by atoms with E-state index in [1.54, 1.807) is 0 Å². The highest BCUT2D eigenvalue weighted by Gasteiger charge is 2.13. The SMILES string of the molecule is N/C(=C\C(c1ccccc1)c1ccccc1)c1cccc(-c2cccc(-c3ccc4c(c3)sc3cc5ccccc5cc34)c2)c1. The predicted molar refractivity (Wildman–Crippen MR) is 195 cm³/mol. The summed E-state index contributed by atoms with van der Waals surface area (Å²) in [6.45, 7) is 0. The van der Waals surface area contributed by atoms with E-state index in [4.69, 9.17) is 5.73 Å². The summed E-state index contributed by atoms with van der Waals surface area (Å²) in [5.41, 5.74) is 15.8. The minimum Gasteiger partial charge on any atom is -0.398 e. The maximum Gasteiger partial charge on any atom is 0.0361 e. The van der Waals surface area contributed by atoms with Gasteiger partial charge in [0.05, 0.1) is 0 Å². The van der Waals surface area contributed by atoms with E-state index in [0.29, 0.717) is 0 Å². The summed E-state index contributed by atoms with van der Waals surface area (Å²) >= 11 is 1.87. The van der Waals surface area contributed by atoms with Crippen LogP contribution in [-0.2, 0) is 0 Å². The Kier molecular flexibility index (Phi) is 6.98. The van der Waals surface area contributed by atoms with Gasteiger partial charge in [0.1, 0.15) is 0 Å². The smallest absolute Gasteiger partial charge is 0.0361 e. The Balaban J connectivity index is 1.13. The van der Waals surface area contributed by atoms with Crippen molar-refractivity contribution in [3.63, 3.8) is 0 Å². The molecule has 0 radical (unpaired) electrons. The summed E-state index contributed by atoms with van der Waals surface area (Å²) in [4.78, 5) is 0. The van der Waals surface area contributed by atoms with Gasteiger partial charge in [-0.1, -0.05) is 133 Å². The summed E-state index contributed by atoms with van der Waals surface area (Å²) < 4.78 is 2.65. The molecule has 7 aromatic carbocycles. The van der Waals surface area contributed by atoms with Gasteiger partial charge in [0.25, 0.3) is 0 Å². The van der Waals surface area contributed by atoms with Crippen LogP contribution in [0.15, 0.2) is 170 Å². The zero-order valence-electron chi connectivity index (χ0n) is 24.7. The third-order valence-electron chi connectivity index (χ3n) is 8.73. The number of allylic oxidation sites excluding steroid dienone is 1. The van der Waals surface area contributed by atoms with Crippen LogP contribution in [0.4, 0.5) is 0 Å². The van der Waals surface area contributed by atoms with Gasteiger partial charge in [-0.05, 0) is 86.1 Å². The predicted octanol–water partition coefficient (Wildman–Crippen LogP) is 11.7. The first kappa shape index (κ1) is 27.1. The van der Waals surface area contributed by atoms with Gasteiger partial charge in [-0.15, -0.1) is 11.3 Å². The number of nitrogens with two attached hydrogens (primary N) is 1. The second-order valence-corrected chi connectivity index (χ2v) is 12.7. The fourth-order valence-electron chi connectivity index (χ4n) is 6.38. The van der Waals surface area contributed by atoms with Gasteiger partial charge in [-0.25, -0.2) is 0 Å². The van der Waals surface area contributed by atoms with Crippen molar-refractivity contribution in [1.82, 2.24) is 0 Å². The highest BCUT2D eigenvalue weighted by molar-refractivity contribution is 7.25. The van der Waals surface area contributed by atoms with Crippen molar-refractivity contribution in [2.24, 2.45) is 5.73 Å². The van der Waals surface area contributed by atoms with Crippen LogP contribution in [0, 0.1) is 0 Å².